The Morgan fingerprint density at radius 1 is 1.23 bits per heavy atom. The van der Waals surface area contributed by atoms with E-state index in [2.05, 4.69) is 11.4 Å². The smallest absolute Gasteiger partial charge is 0.255 e. The molecule has 5 nitrogen and oxygen atoms in total. The van der Waals surface area contributed by atoms with Gasteiger partial charge in [0.2, 0.25) is 5.91 Å². The average Bonchev–Trinajstić information content (AvgIpc) is 2.99. The third kappa shape index (κ3) is 5.57. The van der Waals surface area contributed by atoms with E-state index in [1.54, 1.807) is 35.6 Å². The van der Waals surface area contributed by atoms with E-state index in [0.29, 0.717) is 17.9 Å². The molecule has 2 rings (SSSR count). The molecule has 1 aromatic heterocycles. The number of rotatable bonds is 8. The standard InChI is InChI=1S/C16H18N2O3S/c17-15(19)11-21-13-5-1-4-12(10-13)18-16(20)8-2-6-14-7-3-9-22-14/h1,3-5,7,9-10H,2,6,8,11H2,(H2,17,19)(H,18,20). The molecule has 3 N–H and O–H groups in total. The zero-order valence-electron chi connectivity index (χ0n) is 12.1. The van der Waals surface area contributed by atoms with Gasteiger partial charge in [0.25, 0.3) is 5.91 Å². The van der Waals surface area contributed by atoms with Crippen LogP contribution in [0.15, 0.2) is 41.8 Å². The lowest BCUT2D eigenvalue weighted by Crippen LogP contribution is -2.20. The third-order valence-electron chi connectivity index (χ3n) is 2.91. The summed E-state index contributed by atoms with van der Waals surface area (Å²) in [6.07, 6.45) is 2.18. The maximum atomic E-state index is 11.9. The first-order chi connectivity index (χ1) is 10.6. The van der Waals surface area contributed by atoms with Crippen LogP contribution in [0.3, 0.4) is 0 Å². The van der Waals surface area contributed by atoms with Crippen molar-refractivity contribution in [1.29, 1.82) is 0 Å². The molecule has 0 unspecified atom stereocenters. The Labute approximate surface area is 133 Å². The third-order valence-corrected chi connectivity index (χ3v) is 3.84. The summed E-state index contributed by atoms with van der Waals surface area (Å²) in [5, 5.41) is 4.85. The SMILES string of the molecule is NC(=O)COc1cccc(NC(=O)CCCc2cccs2)c1. The maximum absolute atomic E-state index is 11.9. The van der Waals surface area contributed by atoms with Gasteiger partial charge in [-0.1, -0.05) is 12.1 Å². The number of amides is 2. The number of carbonyl (C=O) groups is 2. The number of anilines is 1. The summed E-state index contributed by atoms with van der Waals surface area (Å²) in [6, 6.07) is 11.0. The Bertz CT molecular complexity index is 626. The molecule has 0 saturated heterocycles. The zero-order valence-corrected chi connectivity index (χ0v) is 12.9. The molecule has 0 spiro atoms. The van der Waals surface area contributed by atoms with Crippen molar-refractivity contribution < 1.29 is 14.3 Å². The minimum atomic E-state index is -0.539. The lowest BCUT2D eigenvalue weighted by atomic mass is 10.2. The van der Waals surface area contributed by atoms with E-state index in [0.717, 1.165) is 12.8 Å². The van der Waals surface area contributed by atoms with Gasteiger partial charge in [0, 0.05) is 23.1 Å². The predicted octanol–water partition coefficient (Wildman–Crippen LogP) is 2.57. The molecule has 6 heteroatoms. The highest BCUT2D eigenvalue weighted by Gasteiger charge is 2.05. The second-order valence-corrected chi connectivity index (χ2v) is 5.80. The van der Waals surface area contributed by atoms with Gasteiger partial charge in [-0.2, -0.15) is 0 Å². The van der Waals surface area contributed by atoms with Gasteiger partial charge >= 0.3 is 0 Å². The zero-order chi connectivity index (χ0) is 15.8. The number of aryl methyl sites for hydroxylation is 1. The molecule has 116 valence electrons. The van der Waals surface area contributed by atoms with Gasteiger partial charge < -0.3 is 15.8 Å². The van der Waals surface area contributed by atoms with Crippen molar-refractivity contribution in [1.82, 2.24) is 0 Å². The van der Waals surface area contributed by atoms with Crippen LogP contribution >= 0.6 is 11.3 Å². The Morgan fingerprint density at radius 2 is 2.09 bits per heavy atom. The van der Waals surface area contributed by atoms with E-state index in [1.807, 2.05) is 11.4 Å². The number of nitrogens with two attached hydrogens (primary N) is 1. The van der Waals surface area contributed by atoms with Crippen LogP contribution in [0.1, 0.15) is 17.7 Å². The molecule has 1 heterocycles. The summed E-state index contributed by atoms with van der Waals surface area (Å²) in [6.45, 7) is -0.182. The van der Waals surface area contributed by atoms with Crippen LogP contribution in [0.25, 0.3) is 0 Å². The van der Waals surface area contributed by atoms with Gasteiger partial charge in [0.05, 0.1) is 0 Å². The number of thiophene rings is 1. The summed E-state index contributed by atoms with van der Waals surface area (Å²) in [4.78, 5) is 23.9. The van der Waals surface area contributed by atoms with Crippen LogP contribution in [0.4, 0.5) is 5.69 Å². The van der Waals surface area contributed by atoms with Crippen molar-refractivity contribution in [3.63, 3.8) is 0 Å². The van der Waals surface area contributed by atoms with Crippen LogP contribution in [-0.2, 0) is 16.0 Å². The van der Waals surface area contributed by atoms with Gasteiger partial charge in [-0.15, -0.1) is 11.3 Å². The number of carbonyl (C=O) groups excluding carboxylic acids is 2. The topological polar surface area (TPSA) is 81.4 Å². The second-order valence-electron chi connectivity index (χ2n) is 4.76. The normalized spacial score (nSPS) is 10.2. The lowest BCUT2D eigenvalue weighted by molar-refractivity contribution is -0.120. The monoisotopic (exact) mass is 318 g/mol. The van der Waals surface area contributed by atoms with Crippen molar-refractivity contribution >= 4 is 28.8 Å². The molecule has 1 aromatic carbocycles. The van der Waals surface area contributed by atoms with Gasteiger partial charge in [-0.3, -0.25) is 9.59 Å². The Kier molecular flexibility index (Phi) is 5.97. The molecular weight excluding hydrogens is 300 g/mol. The quantitative estimate of drug-likeness (QED) is 0.785. The van der Waals surface area contributed by atoms with E-state index in [4.69, 9.17) is 10.5 Å². The van der Waals surface area contributed by atoms with E-state index in [9.17, 15) is 9.59 Å². The van der Waals surface area contributed by atoms with Gasteiger partial charge in [0.1, 0.15) is 5.75 Å². The van der Waals surface area contributed by atoms with Crippen LogP contribution in [0.5, 0.6) is 5.75 Å². The Morgan fingerprint density at radius 3 is 2.82 bits per heavy atom. The number of nitrogens with one attached hydrogen (secondary N) is 1. The van der Waals surface area contributed by atoms with Crippen LogP contribution in [-0.4, -0.2) is 18.4 Å². The highest BCUT2D eigenvalue weighted by Crippen LogP contribution is 2.18. The Hall–Kier alpha value is -2.34. The number of hydrogen-bond donors (Lipinski definition) is 2. The number of benzene rings is 1. The Balaban J connectivity index is 1.78. The largest absolute Gasteiger partial charge is 0.484 e. The summed E-state index contributed by atoms with van der Waals surface area (Å²) in [7, 11) is 0. The van der Waals surface area contributed by atoms with Gasteiger partial charge in [-0.25, -0.2) is 0 Å². The van der Waals surface area contributed by atoms with Crippen molar-refractivity contribution in [2.24, 2.45) is 5.73 Å². The first-order valence-corrected chi connectivity index (χ1v) is 7.85. The van der Waals surface area contributed by atoms with Crippen molar-refractivity contribution in [2.45, 2.75) is 19.3 Å². The molecule has 0 saturated carbocycles. The van der Waals surface area contributed by atoms with Crippen molar-refractivity contribution in [3.8, 4) is 5.75 Å². The van der Waals surface area contributed by atoms with E-state index >= 15 is 0 Å². The fourth-order valence-corrected chi connectivity index (χ4v) is 2.67. The summed E-state index contributed by atoms with van der Waals surface area (Å²) < 4.78 is 5.20. The van der Waals surface area contributed by atoms with E-state index in [1.165, 1.54) is 4.88 Å². The fourth-order valence-electron chi connectivity index (χ4n) is 1.92. The number of ether oxygens (including phenoxy) is 1. The molecule has 0 aliphatic heterocycles. The number of hydrogen-bond acceptors (Lipinski definition) is 4. The summed E-state index contributed by atoms with van der Waals surface area (Å²) in [5.74, 6) is -0.0817. The predicted molar refractivity (Wildman–Crippen MR) is 87.0 cm³/mol. The molecule has 0 radical (unpaired) electrons. The van der Waals surface area contributed by atoms with E-state index in [-0.39, 0.29) is 12.5 Å². The minimum absolute atomic E-state index is 0.0383. The van der Waals surface area contributed by atoms with Crippen molar-refractivity contribution in [3.05, 3.63) is 46.7 Å². The fraction of sp³-hybridized carbons (Fsp3) is 0.250. The highest BCUT2D eigenvalue weighted by atomic mass is 32.1. The van der Waals surface area contributed by atoms with Crippen molar-refractivity contribution in [2.75, 3.05) is 11.9 Å². The first kappa shape index (κ1) is 16.0. The van der Waals surface area contributed by atoms with Gasteiger partial charge in [0.15, 0.2) is 6.61 Å². The summed E-state index contributed by atoms with van der Waals surface area (Å²) >= 11 is 1.70. The number of primary amides is 1. The molecule has 2 amide bonds. The van der Waals surface area contributed by atoms with Crippen LogP contribution < -0.4 is 15.8 Å². The molecule has 0 aliphatic carbocycles. The van der Waals surface area contributed by atoms with Crippen LogP contribution in [0, 0.1) is 0 Å². The summed E-state index contributed by atoms with van der Waals surface area (Å²) in [5.41, 5.74) is 5.66. The maximum Gasteiger partial charge on any atom is 0.255 e. The molecular formula is C16H18N2O3S. The molecule has 2 aromatic rings. The van der Waals surface area contributed by atoms with Crippen LogP contribution in [0.2, 0.25) is 0 Å². The minimum Gasteiger partial charge on any atom is -0.484 e. The molecule has 22 heavy (non-hydrogen) atoms. The van der Waals surface area contributed by atoms with Gasteiger partial charge in [-0.05, 0) is 36.4 Å². The molecule has 0 atom stereocenters. The molecule has 0 fully saturated rings. The molecule has 0 aliphatic rings. The first-order valence-electron chi connectivity index (χ1n) is 6.97. The highest BCUT2D eigenvalue weighted by molar-refractivity contribution is 7.09. The average molecular weight is 318 g/mol. The molecule has 0 bridgehead atoms. The second kappa shape index (κ2) is 8.19. The van der Waals surface area contributed by atoms with E-state index < -0.39 is 5.91 Å². The lowest BCUT2D eigenvalue weighted by Gasteiger charge is -2.08.